The van der Waals surface area contributed by atoms with Crippen LogP contribution in [0.3, 0.4) is 0 Å². The minimum atomic E-state index is -0.127. The lowest BCUT2D eigenvalue weighted by molar-refractivity contribution is -0.117. The van der Waals surface area contributed by atoms with Crippen molar-refractivity contribution in [2.75, 3.05) is 29.6 Å². The maximum absolute atomic E-state index is 13.1. The van der Waals surface area contributed by atoms with Gasteiger partial charge in [-0.2, -0.15) is 0 Å². The topological polar surface area (TPSA) is 74.3 Å². The molecule has 0 aliphatic heterocycles. The van der Waals surface area contributed by atoms with Gasteiger partial charge in [-0.15, -0.1) is 0 Å². The lowest BCUT2D eigenvalue weighted by Gasteiger charge is -2.18. The molecule has 1 saturated carbocycles. The highest BCUT2D eigenvalue weighted by Gasteiger charge is 2.29. The molecule has 4 aromatic rings. The van der Waals surface area contributed by atoms with Crippen molar-refractivity contribution < 1.29 is 9.59 Å². The lowest BCUT2D eigenvalue weighted by atomic mass is 9.97. The van der Waals surface area contributed by atoms with Crippen molar-refractivity contribution in [1.82, 2.24) is 4.98 Å². The Labute approximate surface area is 217 Å². The maximum atomic E-state index is 13.1. The Bertz CT molecular complexity index is 1500. The zero-order chi connectivity index (χ0) is 26.1. The molecule has 1 aliphatic carbocycles. The highest BCUT2D eigenvalue weighted by atomic mass is 16.2. The van der Waals surface area contributed by atoms with Gasteiger partial charge in [0.05, 0.1) is 0 Å². The Morgan fingerprint density at radius 3 is 2.49 bits per heavy atom. The molecule has 1 aromatic heterocycles. The van der Waals surface area contributed by atoms with Gasteiger partial charge in [0, 0.05) is 48.5 Å². The van der Waals surface area contributed by atoms with Gasteiger partial charge < -0.3 is 15.5 Å². The predicted molar refractivity (Wildman–Crippen MR) is 151 cm³/mol. The summed E-state index contributed by atoms with van der Waals surface area (Å²) in [5.74, 6) is 0.653. The van der Waals surface area contributed by atoms with Crippen LogP contribution in [0, 0.1) is 12.8 Å². The number of fused-ring (bicyclic) bond motifs is 1. The Morgan fingerprint density at radius 1 is 0.946 bits per heavy atom. The number of pyridine rings is 1. The summed E-state index contributed by atoms with van der Waals surface area (Å²) in [5.41, 5.74) is 6.86. The van der Waals surface area contributed by atoms with Crippen molar-refractivity contribution >= 4 is 39.8 Å². The molecule has 0 saturated heterocycles. The molecule has 0 spiro atoms. The standard InChI is InChI=1S/C31H32N4O2/c1-5-20-14-24(11-13-28(20)35(3)4)31(37)33-26-12-6-19(2)27(17-26)23-10-9-22-16-29(32-18-25(22)15-23)34-30(36)21-7-8-21/h6,9-18,21H,5,7-8H2,1-4H3,(H,33,37)(H,32,34,36). The number of carbonyl (C=O) groups excluding carboxylic acids is 2. The summed E-state index contributed by atoms with van der Waals surface area (Å²) in [7, 11) is 4.02. The molecule has 5 rings (SSSR count). The fourth-order valence-corrected chi connectivity index (χ4v) is 4.61. The molecular weight excluding hydrogens is 460 g/mol. The summed E-state index contributed by atoms with van der Waals surface area (Å²) >= 11 is 0. The van der Waals surface area contributed by atoms with E-state index in [0.29, 0.717) is 11.4 Å². The molecule has 3 aromatic carbocycles. The molecule has 6 heteroatoms. The van der Waals surface area contributed by atoms with Crippen LogP contribution in [0.15, 0.2) is 66.9 Å². The largest absolute Gasteiger partial charge is 0.377 e. The first-order valence-electron chi connectivity index (χ1n) is 12.8. The molecule has 2 amide bonds. The van der Waals surface area contributed by atoms with Crippen LogP contribution >= 0.6 is 0 Å². The first-order valence-corrected chi connectivity index (χ1v) is 12.8. The van der Waals surface area contributed by atoms with Crippen LogP contribution in [0.2, 0.25) is 0 Å². The molecule has 0 radical (unpaired) electrons. The number of carbonyl (C=O) groups is 2. The second-order valence-corrected chi connectivity index (χ2v) is 9.97. The summed E-state index contributed by atoms with van der Waals surface area (Å²) in [6.07, 6.45) is 4.58. The number of benzene rings is 3. The number of rotatable bonds is 7. The monoisotopic (exact) mass is 492 g/mol. The zero-order valence-electron chi connectivity index (χ0n) is 21.8. The van der Waals surface area contributed by atoms with Gasteiger partial charge in [0.2, 0.25) is 5.91 Å². The third-order valence-electron chi connectivity index (χ3n) is 6.93. The van der Waals surface area contributed by atoms with Crippen LogP contribution in [0.25, 0.3) is 21.9 Å². The van der Waals surface area contributed by atoms with Gasteiger partial charge in [0.25, 0.3) is 5.91 Å². The van der Waals surface area contributed by atoms with Gasteiger partial charge in [-0.25, -0.2) is 4.98 Å². The summed E-state index contributed by atoms with van der Waals surface area (Å²) in [4.78, 5) is 31.6. The second kappa shape index (κ2) is 10.1. The highest BCUT2D eigenvalue weighted by Crippen LogP contribution is 2.32. The van der Waals surface area contributed by atoms with Gasteiger partial charge >= 0.3 is 0 Å². The fourth-order valence-electron chi connectivity index (χ4n) is 4.61. The Hall–Kier alpha value is -4.19. The minimum absolute atomic E-state index is 0.0533. The molecule has 1 heterocycles. The van der Waals surface area contributed by atoms with Gasteiger partial charge in [-0.1, -0.05) is 25.1 Å². The smallest absolute Gasteiger partial charge is 0.255 e. The van der Waals surface area contributed by atoms with Crippen LogP contribution in [-0.2, 0) is 11.2 Å². The molecule has 0 unspecified atom stereocenters. The quantitative estimate of drug-likeness (QED) is 0.311. The van der Waals surface area contributed by atoms with E-state index in [0.717, 1.165) is 63.7 Å². The predicted octanol–water partition coefficient (Wildman–Crippen LogP) is 6.44. The Balaban J connectivity index is 1.37. The average molecular weight is 493 g/mol. The number of nitrogens with one attached hydrogen (secondary N) is 2. The van der Waals surface area contributed by atoms with Crippen molar-refractivity contribution in [3.8, 4) is 11.1 Å². The number of amides is 2. The van der Waals surface area contributed by atoms with Gasteiger partial charge in [0.15, 0.2) is 0 Å². The van der Waals surface area contributed by atoms with Crippen molar-refractivity contribution in [2.24, 2.45) is 5.92 Å². The maximum Gasteiger partial charge on any atom is 0.255 e. The molecule has 1 fully saturated rings. The Kier molecular flexibility index (Phi) is 6.66. The van der Waals surface area contributed by atoms with E-state index in [1.54, 1.807) is 6.20 Å². The summed E-state index contributed by atoms with van der Waals surface area (Å²) in [6, 6.07) is 19.9. The molecule has 0 bridgehead atoms. The summed E-state index contributed by atoms with van der Waals surface area (Å²) in [6.45, 7) is 4.16. The van der Waals surface area contributed by atoms with Crippen LogP contribution in [0.1, 0.15) is 41.3 Å². The van der Waals surface area contributed by atoms with E-state index >= 15 is 0 Å². The number of aromatic nitrogens is 1. The van der Waals surface area contributed by atoms with Crippen molar-refractivity contribution in [1.29, 1.82) is 0 Å². The van der Waals surface area contributed by atoms with E-state index < -0.39 is 0 Å². The first kappa shape index (κ1) is 24.5. The SMILES string of the molecule is CCc1cc(C(=O)Nc2ccc(C)c(-c3ccc4cc(NC(=O)C5CC5)ncc4c3)c2)ccc1N(C)C. The Morgan fingerprint density at radius 2 is 1.76 bits per heavy atom. The molecule has 2 N–H and O–H groups in total. The number of aryl methyl sites for hydroxylation is 2. The zero-order valence-corrected chi connectivity index (χ0v) is 21.8. The molecule has 37 heavy (non-hydrogen) atoms. The van der Waals surface area contributed by atoms with Gasteiger partial charge in [0.1, 0.15) is 5.82 Å². The third-order valence-corrected chi connectivity index (χ3v) is 6.93. The number of hydrogen-bond acceptors (Lipinski definition) is 4. The van der Waals surface area contributed by atoms with Crippen LogP contribution in [0.4, 0.5) is 17.2 Å². The van der Waals surface area contributed by atoms with E-state index in [4.69, 9.17) is 0 Å². The van der Waals surface area contributed by atoms with E-state index in [2.05, 4.69) is 46.5 Å². The molecule has 0 atom stereocenters. The third kappa shape index (κ3) is 5.33. The fraction of sp³-hybridized carbons (Fsp3) is 0.258. The molecule has 6 nitrogen and oxygen atoms in total. The highest BCUT2D eigenvalue weighted by molar-refractivity contribution is 6.05. The number of anilines is 3. The van der Waals surface area contributed by atoms with Crippen LogP contribution in [-0.4, -0.2) is 30.9 Å². The minimum Gasteiger partial charge on any atom is -0.377 e. The van der Waals surface area contributed by atoms with Crippen LogP contribution < -0.4 is 15.5 Å². The van der Waals surface area contributed by atoms with E-state index in [1.165, 1.54) is 0 Å². The summed E-state index contributed by atoms with van der Waals surface area (Å²) < 4.78 is 0. The normalized spacial score (nSPS) is 12.9. The summed E-state index contributed by atoms with van der Waals surface area (Å²) in [5, 5.41) is 7.98. The van der Waals surface area contributed by atoms with Crippen LogP contribution in [0.5, 0.6) is 0 Å². The van der Waals surface area contributed by atoms with E-state index in [-0.39, 0.29) is 17.7 Å². The van der Waals surface area contributed by atoms with E-state index in [1.807, 2.05) is 62.6 Å². The van der Waals surface area contributed by atoms with Crippen molar-refractivity contribution in [3.05, 3.63) is 83.6 Å². The molecule has 1 aliphatic rings. The second-order valence-electron chi connectivity index (χ2n) is 9.97. The van der Waals surface area contributed by atoms with Crippen molar-refractivity contribution in [2.45, 2.75) is 33.1 Å². The molecule has 188 valence electrons. The number of nitrogens with zero attached hydrogens (tertiary/aromatic N) is 2. The van der Waals surface area contributed by atoms with E-state index in [9.17, 15) is 9.59 Å². The first-order chi connectivity index (χ1) is 17.8. The number of hydrogen-bond donors (Lipinski definition) is 2. The van der Waals surface area contributed by atoms with Crippen molar-refractivity contribution in [3.63, 3.8) is 0 Å². The lowest BCUT2D eigenvalue weighted by Crippen LogP contribution is -2.15. The van der Waals surface area contributed by atoms with Gasteiger partial charge in [-0.05, 0) is 96.3 Å². The van der Waals surface area contributed by atoms with Gasteiger partial charge in [-0.3, -0.25) is 9.59 Å². The average Bonchev–Trinajstić information content (AvgIpc) is 3.75. The molecular formula is C31H32N4O2.